The van der Waals surface area contributed by atoms with Crippen LogP contribution in [0.4, 0.5) is 0 Å². The lowest BCUT2D eigenvalue weighted by Crippen LogP contribution is -2.22. The van der Waals surface area contributed by atoms with Crippen molar-refractivity contribution in [1.29, 1.82) is 0 Å². The molecular weight excluding hydrogens is 186 g/mol. The van der Waals surface area contributed by atoms with Crippen molar-refractivity contribution in [3.05, 3.63) is 18.0 Å². The highest BCUT2D eigenvalue weighted by Gasteiger charge is 2.38. The molecule has 1 aliphatic rings. The van der Waals surface area contributed by atoms with E-state index in [9.17, 15) is 0 Å². The maximum absolute atomic E-state index is 4.22. The molecule has 2 rings (SSSR count). The number of nitrogens with one attached hydrogen (secondary N) is 1. The van der Waals surface area contributed by atoms with Crippen LogP contribution in [-0.4, -0.2) is 22.9 Å². The monoisotopic (exact) mass is 207 g/mol. The Morgan fingerprint density at radius 1 is 1.60 bits per heavy atom. The molecule has 0 saturated heterocycles. The van der Waals surface area contributed by atoms with Crippen LogP contribution < -0.4 is 5.32 Å². The Morgan fingerprint density at radius 2 is 2.40 bits per heavy atom. The van der Waals surface area contributed by atoms with Crippen LogP contribution in [0.25, 0.3) is 0 Å². The van der Waals surface area contributed by atoms with E-state index in [1.165, 1.54) is 12.0 Å². The van der Waals surface area contributed by atoms with Gasteiger partial charge in [-0.1, -0.05) is 13.8 Å². The number of nitrogens with zero attached hydrogens (tertiary/aromatic N) is 2. The summed E-state index contributed by atoms with van der Waals surface area (Å²) in [6.45, 7) is 6.80. The van der Waals surface area contributed by atoms with Crippen molar-refractivity contribution in [2.24, 2.45) is 18.9 Å². The molecule has 1 aromatic rings. The van der Waals surface area contributed by atoms with Crippen LogP contribution in [-0.2, 0) is 7.05 Å². The molecule has 1 saturated carbocycles. The average molecular weight is 207 g/mol. The summed E-state index contributed by atoms with van der Waals surface area (Å²) in [4.78, 5) is 0. The third-order valence-electron chi connectivity index (χ3n) is 3.03. The highest BCUT2D eigenvalue weighted by Crippen LogP contribution is 2.46. The number of aryl methyl sites for hydroxylation is 1. The van der Waals surface area contributed by atoms with E-state index >= 15 is 0 Å². The van der Waals surface area contributed by atoms with Crippen molar-refractivity contribution in [2.45, 2.75) is 26.2 Å². The number of hydrogen-bond acceptors (Lipinski definition) is 2. The lowest BCUT2D eigenvalue weighted by molar-refractivity contribution is 0.532. The maximum Gasteiger partial charge on any atom is 0.0524 e. The van der Waals surface area contributed by atoms with Crippen molar-refractivity contribution in [3.63, 3.8) is 0 Å². The topological polar surface area (TPSA) is 29.9 Å². The largest absolute Gasteiger partial charge is 0.316 e. The van der Waals surface area contributed by atoms with Gasteiger partial charge in [0.05, 0.1) is 6.20 Å². The van der Waals surface area contributed by atoms with Gasteiger partial charge in [0.15, 0.2) is 0 Å². The van der Waals surface area contributed by atoms with Gasteiger partial charge < -0.3 is 5.32 Å². The first-order valence-corrected chi connectivity index (χ1v) is 5.86. The van der Waals surface area contributed by atoms with E-state index in [0.717, 1.165) is 30.8 Å². The summed E-state index contributed by atoms with van der Waals surface area (Å²) in [5.74, 6) is 2.35. The van der Waals surface area contributed by atoms with Crippen molar-refractivity contribution >= 4 is 0 Å². The molecule has 0 aliphatic heterocycles. The third-order valence-corrected chi connectivity index (χ3v) is 3.03. The Labute approximate surface area is 91.9 Å². The molecule has 0 spiro atoms. The fourth-order valence-corrected chi connectivity index (χ4v) is 2.07. The molecule has 1 aliphatic carbocycles. The summed E-state index contributed by atoms with van der Waals surface area (Å²) in [5.41, 5.74) is 1.41. The molecule has 1 aromatic heterocycles. The van der Waals surface area contributed by atoms with Crippen LogP contribution in [0.2, 0.25) is 0 Å². The van der Waals surface area contributed by atoms with Crippen LogP contribution in [0.15, 0.2) is 12.4 Å². The summed E-state index contributed by atoms with van der Waals surface area (Å²) in [6, 6.07) is 0. The minimum absolute atomic E-state index is 0.751. The smallest absolute Gasteiger partial charge is 0.0524 e. The third kappa shape index (κ3) is 2.81. The summed E-state index contributed by atoms with van der Waals surface area (Å²) in [5, 5.41) is 7.74. The zero-order chi connectivity index (χ0) is 10.8. The lowest BCUT2D eigenvalue weighted by atomic mass is 10.2. The van der Waals surface area contributed by atoms with E-state index < -0.39 is 0 Å². The van der Waals surface area contributed by atoms with Gasteiger partial charge in [-0.15, -0.1) is 0 Å². The van der Waals surface area contributed by atoms with E-state index in [0.29, 0.717) is 0 Å². The first-order chi connectivity index (χ1) is 7.16. The molecule has 0 amide bonds. The van der Waals surface area contributed by atoms with Crippen LogP contribution in [0.5, 0.6) is 0 Å². The van der Waals surface area contributed by atoms with Gasteiger partial charge in [-0.2, -0.15) is 5.10 Å². The predicted octanol–water partition coefficient (Wildman–Crippen LogP) is 1.77. The molecular formula is C12H21N3. The van der Waals surface area contributed by atoms with Crippen molar-refractivity contribution < 1.29 is 0 Å². The Hall–Kier alpha value is -0.830. The van der Waals surface area contributed by atoms with Crippen LogP contribution >= 0.6 is 0 Å². The fraction of sp³-hybridized carbons (Fsp3) is 0.750. The van der Waals surface area contributed by atoms with Gasteiger partial charge in [-0.25, -0.2) is 0 Å². The van der Waals surface area contributed by atoms with Gasteiger partial charge in [0, 0.05) is 13.2 Å². The average Bonchev–Trinajstić information content (AvgIpc) is 2.80. The molecule has 0 radical (unpaired) electrons. The van der Waals surface area contributed by atoms with Gasteiger partial charge in [0.1, 0.15) is 0 Å². The van der Waals surface area contributed by atoms with Crippen LogP contribution in [0, 0.1) is 11.8 Å². The van der Waals surface area contributed by atoms with Crippen LogP contribution in [0.3, 0.4) is 0 Å². The molecule has 15 heavy (non-hydrogen) atoms. The number of hydrogen-bond donors (Lipinski definition) is 1. The summed E-state index contributed by atoms with van der Waals surface area (Å²) in [7, 11) is 1.98. The SMILES string of the molecule is CC(C)CNCC1CC1c1cnn(C)c1. The lowest BCUT2D eigenvalue weighted by Gasteiger charge is -2.06. The van der Waals surface area contributed by atoms with Crippen LogP contribution in [0.1, 0.15) is 31.7 Å². The second-order valence-electron chi connectivity index (χ2n) is 5.10. The Morgan fingerprint density at radius 3 is 3.00 bits per heavy atom. The fourth-order valence-electron chi connectivity index (χ4n) is 2.07. The first kappa shape index (κ1) is 10.7. The molecule has 3 nitrogen and oxygen atoms in total. The van der Waals surface area contributed by atoms with E-state index in [1.54, 1.807) is 0 Å². The van der Waals surface area contributed by atoms with Crippen molar-refractivity contribution in [2.75, 3.05) is 13.1 Å². The summed E-state index contributed by atoms with van der Waals surface area (Å²) < 4.78 is 1.90. The van der Waals surface area contributed by atoms with Gasteiger partial charge >= 0.3 is 0 Å². The highest BCUT2D eigenvalue weighted by molar-refractivity contribution is 5.20. The minimum atomic E-state index is 0.751. The van der Waals surface area contributed by atoms with Gasteiger partial charge in [-0.05, 0) is 42.8 Å². The molecule has 2 unspecified atom stereocenters. The molecule has 2 atom stereocenters. The zero-order valence-electron chi connectivity index (χ0n) is 9.90. The number of rotatable bonds is 5. The Kier molecular flexibility index (Phi) is 3.10. The maximum atomic E-state index is 4.22. The molecule has 1 N–H and O–H groups in total. The zero-order valence-corrected chi connectivity index (χ0v) is 9.90. The van der Waals surface area contributed by atoms with E-state index in [-0.39, 0.29) is 0 Å². The van der Waals surface area contributed by atoms with Crippen molar-refractivity contribution in [1.82, 2.24) is 15.1 Å². The first-order valence-electron chi connectivity index (χ1n) is 5.86. The molecule has 1 fully saturated rings. The second-order valence-corrected chi connectivity index (χ2v) is 5.10. The van der Waals surface area contributed by atoms with E-state index in [1.807, 2.05) is 17.9 Å². The molecule has 0 aromatic carbocycles. The van der Waals surface area contributed by atoms with Gasteiger partial charge in [-0.3, -0.25) is 4.68 Å². The minimum Gasteiger partial charge on any atom is -0.316 e. The Balaban J connectivity index is 1.72. The summed E-state index contributed by atoms with van der Waals surface area (Å²) >= 11 is 0. The van der Waals surface area contributed by atoms with Gasteiger partial charge in [0.25, 0.3) is 0 Å². The van der Waals surface area contributed by atoms with Gasteiger partial charge in [0.2, 0.25) is 0 Å². The second kappa shape index (κ2) is 4.35. The Bertz CT molecular complexity index is 316. The number of aromatic nitrogens is 2. The molecule has 0 bridgehead atoms. The summed E-state index contributed by atoms with van der Waals surface area (Å²) in [6.07, 6.45) is 5.48. The van der Waals surface area contributed by atoms with E-state index in [4.69, 9.17) is 0 Å². The predicted molar refractivity (Wildman–Crippen MR) is 61.8 cm³/mol. The molecule has 3 heteroatoms. The highest BCUT2D eigenvalue weighted by atomic mass is 15.2. The van der Waals surface area contributed by atoms with E-state index in [2.05, 4.69) is 30.5 Å². The normalized spacial score (nSPS) is 24.8. The molecule has 1 heterocycles. The standard InChI is InChI=1S/C12H21N3/c1-9(2)5-13-6-10-4-12(10)11-7-14-15(3)8-11/h7-10,12-13H,4-6H2,1-3H3. The quantitative estimate of drug-likeness (QED) is 0.797. The molecule has 84 valence electrons. The van der Waals surface area contributed by atoms with Crippen molar-refractivity contribution in [3.8, 4) is 0 Å².